The van der Waals surface area contributed by atoms with Crippen LogP contribution in [-0.2, 0) is 9.59 Å². The number of nitrogens with zero attached hydrogens (tertiary/aromatic N) is 4. The summed E-state index contributed by atoms with van der Waals surface area (Å²) in [5.74, 6) is 0.259. The third-order valence-corrected chi connectivity index (χ3v) is 3.96. The molecule has 1 aliphatic heterocycles. The largest absolute Gasteiger partial charge is 0.479 e. The summed E-state index contributed by atoms with van der Waals surface area (Å²) >= 11 is 0. The SMILES string of the molecule is CC1Oc2ccccc2N(CCC(=O)N(CCC#N)CCC#N)C1=O. The third-order valence-electron chi connectivity index (χ3n) is 3.96. The topological polar surface area (TPSA) is 97.4 Å². The molecule has 0 saturated carbocycles. The van der Waals surface area contributed by atoms with E-state index in [1.165, 1.54) is 4.90 Å². The van der Waals surface area contributed by atoms with Crippen LogP contribution in [0, 0.1) is 22.7 Å². The zero-order valence-corrected chi connectivity index (χ0v) is 14.1. The van der Waals surface area contributed by atoms with Crippen LogP contribution in [0.15, 0.2) is 24.3 Å². The number of nitriles is 2. The van der Waals surface area contributed by atoms with Crippen molar-refractivity contribution >= 4 is 17.5 Å². The van der Waals surface area contributed by atoms with Crippen LogP contribution in [0.1, 0.15) is 26.2 Å². The van der Waals surface area contributed by atoms with Gasteiger partial charge in [0.05, 0.1) is 30.7 Å². The van der Waals surface area contributed by atoms with E-state index in [1.54, 1.807) is 24.0 Å². The number of ether oxygens (including phenoxy) is 1. The van der Waals surface area contributed by atoms with Gasteiger partial charge in [0.15, 0.2) is 6.10 Å². The molecule has 2 rings (SSSR count). The van der Waals surface area contributed by atoms with Crippen LogP contribution in [0.2, 0.25) is 0 Å². The van der Waals surface area contributed by atoms with Crippen molar-refractivity contribution in [1.82, 2.24) is 4.90 Å². The van der Waals surface area contributed by atoms with Gasteiger partial charge in [0, 0.05) is 26.1 Å². The average Bonchev–Trinajstić information content (AvgIpc) is 2.62. The Morgan fingerprint density at radius 3 is 2.52 bits per heavy atom. The zero-order valence-electron chi connectivity index (χ0n) is 14.1. The van der Waals surface area contributed by atoms with Crippen LogP contribution in [0.5, 0.6) is 5.75 Å². The molecule has 0 fully saturated rings. The Bertz CT molecular complexity index is 702. The van der Waals surface area contributed by atoms with Gasteiger partial charge in [-0.15, -0.1) is 0 Å². The van der Waals surface area contributed by atoms with Gasteiger partial charge in [0.2, 0.25) is 5.91 Å². The summed E-state index contributed by atoms with van der Waals surface area (Å²) in [5.41, 5.74) is 0.652. The first kappa shape index (κ1) is 18.3. The minimum atomic E-state index is -0.599. The quantitative estimate of drug-likeness (QED) is 0.754. The second-order valence-electron chi connectivity index (χ2n) is 5.66. The van der Waals surface area contributed by atoms with Crippen molar-refractivity contribution in [3.8, 4) is 17.9 Å². The second kappa shape index (κ2) is 8.70. The zero-order chi connectivity index (χ0) is 18.2. The Kier molecular flexibility index (Phi) is 6.36. The molecule has 7 nitrogen and oxygen atoms in total. The van der Waals surface area contributed by atoms with E-state index in [0.717, 1.165) is 0 Å². The number of amides is 2. The van der Waals surface area contributed by atoms with E-state index in [1.807, 2.05) is 24.3 Å². The number of para-hydroxylation sites is 2. The summed E-state index contributed by atoms with van der Waals surface area (Å²) in [6.45, 7) is 2.50. The monoisotopic (exact) mass is 340 g/mol. The van der Waals surface area contributed by atoms with Crippen LogP contribution in [0.3, 0.4) is 0 Å². The van der Waals surface area contributed by atoms with Gasteiger partial charge in [-0.05, 0) is 19.1 Å². The van der Waals surface area contributed by atoms with Gasteiger partial charge in [-0.3, -0.25) is 9.59 Å². The lowest BCUT2D eigenvalue weighted by atomic mass is 10.1. The van der Waals surface area contributed by atoms with Crippen molar-refractivity contribution in [1.29, 1.82) is 10.5 Å². The van der Waals surface area contributed by atoms with Crippen molar-refractivity contribution in [3.63, 3.8) is 0 Å². The maximum atomic E-state index is 12.4. The smallest absolute Gasteiger partial charge is 0.267 e. The molecule has 0 bridgehead atoms. The summed E-state index contributed by atoms with van der Waals surface area (Å²) in [6.07, 6.45) is -0.0386. The molecule has 0 spiro atoms. The molecule has 1 aromatic rings. The van der Waals surface area contributed by atoms with E-state index in [4.69, 9.17) is 15.3 Å². The lowest BCUT2D eigenvalue weighted by Gasteiger charge is -2.33. The molecular weight excluding hydrogens is 320 g/mol. The first-order valence-corrected chi connectivity index (χ1v) is 8.17. The Balaban J connectivity index is 2.05. The Labute approximate surface area is 147 Å². The van der Waals surface area contributed by atoms with E-state index in [-0.39, 0.29) is 37.6 Å². The molecule has 130 valence electrons. The molecule has 2 amide bonds. The van der Waals surface area contributed by atoms with Crippen LogP contribution in [-0.4, -0.2) is 42.5 Å². The van der Waals surface area contributed by atoms with Gasteiger partial charge in [-0.2, -0.15) is 10.5 Å². The molecule has 1 aromatic carbocycles. The molecule has 25 heavy (non-hydrogen) atoms. The van der Waals surface area contributed by atoms with Crippen molar-refractivity contribution in [2.24, 2.45) is 0 Å². The van der Waals surface area contributed by atoms with Gasteiger partial charge < -0.3 is 14.5 Å². The minimum Gasteiger partial charge on any atom is -0.479 e. The summed E-state index contributed by atoms with van der Waals surface area (Å²) in [5, 5.41) is 17.4. The van der Waals surface area contributed by atoms with Crippen LogP contribution in [0.25, 0.3) is 0 Å². The highest BCUT2D eigenvalue weighted by molar-refractivity contribution is 6.00. The summed E-state index contributed by atoms with van der Waals surface area (Å²) in [4.78, 5) is 27.9. The summed E-state index contributed by atoms with van der Waals surface area (Å²) in [6, 6.07) is 11.2. The Morgan fingerprint density at radius 1 is 1.24 bits per heavy atom. The molecule has 0 aromatic heterocycles. The second-order valence-corrected chi connectivity index (χ2v) is 5.66. The number of carbonyl (C=O) groups excluding carboxylic acids is 2. The Hall–Kier alpha value is -3.06. The predicted octanol–water partition coefficient (Wildman–Crippen LogP) is 1.85. The normalized spacial score (nSPS) is 15.6. The van der Waals surface area contributed by atoms with E-state index in [0.29, 0.717) is 24.5 Å². The van der Waals surface area contributed by atoms with E-state index in [2.05, 4.69) is 0 Å². The molecule has 0 N–H and O–H groups in total. The van der Waals surface area contributed by atoms with Gasteiger partial charge in [-0.25, -0.2) is 0 Å². The number of anilines is 1. The predicted molar refractivity (Wildman–Crippen MR) is 90.5 cm³/mol. The number of carbonyl (C=O) groups is 2. The molecule has 0 radical (unpaired) electrons. The fourth-order valence-electron chi connectivity index (χ4n) is 2.69. The minimum absolute atomic E-state index is 0.129. The van der Waals surface area contributed by atoms with Crippen molar-refractivity contribution < 1.29 is 14.3 Å². The molecule has 1 aliphatic rings. The Morgan fingerprint density at radius 2 is 1.88 bits per heavy atom. The molecule has 0 aliphatic carbocycles. The van der Waals surface area contributed by atoms with E-state index >= 15 is 0 Å². The molecule has 0 saturated heterocycles. The molecular formula is C18H20N4O3. The first-order chi connectivity index (χ1) is 12.1. The van der Waals surface area contributed by atoms with Gasteiger partial charge in [-0.1, -0.05) is 12.1 Å². The highest BCUT2D eigenvalue weighted by atomic mass is 16.5. The van der Waals surface area contributed by atoms with Gasteiger partial charge in [0.1, 0.15) is 5.75 Å². The van der Waals surface area contributed by atoms with Crippen LogP contribution < -0.4 is 9.64 Å². The van der Waals surface area contributed by atoms with E-state index < -0.39 is 6.10 Å². The van der Waals surface area contributed by atoms with Crippen molar-refractivity contribution in [2.75, 3.05) is 24.5 Å². The average molecular weight is 340 g/mol. The van der Waals surface area contributed by atoms with Gasteiger partial charge >= 0.3 is 0 Å². The number of hydrogen-bond acceptors (Lipinski definition) is 5. The fourth-order valence-corrected chi connectivity index (χ4v) is 2.69. The highest BCUT2D eigenvalue weighted by Gasteiger charge is 2.31. The van der Waals surface area contributed by atoms with Crippen molar-refractivity contribution in [2.45, 2.75) is 32.3 Å². The lowest BCUT2D eigenvalue weighted by molar-refractivity contribution is -0.131. The maximum absolute atomic E-state index is 12.4. The van der Waals surface area contributed by atoms with Crippen LogP contribution in [0.4, 0.5) is 5.69 Å². The standard InChI is InChI=1S/C18H20N4O3/c1-14-18(24)22(15-6-2-3-7-16(15)25-14)13-8-17(23)21(11-4-9-19)12-5-10-20/h2-3,6-7,14H,4-5,8,11-13H2,1H3. The molecule has 1 unspecified atom stereocenters. The molecule has 1 atom stereocenters. The van der Waals surface area contributed by atoms with Crippen molar-refractivity contribution in [3.05, 3.63) is 24.3 Å². The number of hydrogen-bond donors (Lipinski definition) is 0. The number of rotatable bonds is 7. The first-order valence-electron chi connectivity index (χ1n) is 8.17. The molecule has 7 heteroatoms. The molecule has 1 heterocycles. The van der Waals surface area contributed by atoms with E-state index in [9.17, 15) is 9.59 Å². The number of benzene rings is 1. The number of fused-ring (bicyclic) bond motifs is 1. The fraction of sp³-hybridized carbons (Fsp3) is 0.444. The third kappa shape index (κ3) is 4.48. The summed E-state index contributed by atoms with van der Waals surface area (Å²) in [7, 11) is 0. The maximum Gasteiger partial charge on any atom is 0.267 e. The lowest BCUT2D eigenvalue weighted by Crippen LogP contribution is -2.46. The summed E-state index contributed by atoms with van der Waals surface area (Å²) < 4.78 is 5.58. The van der Waals surface area contributed by atoms with Gasteiger partial charge in [0.25, 0.3) is 5.91 Å². The highest BCUT2D eigenvalue weighted by Crippen LogP contribution is 2.33. The van der Waals surface area contributed by atoms with Crippen LogP contribution >= 0.6 is 0 Å².